The maximum Gasteiger partial charge on any atom is 0.414 e. The summed E-state index contributed by atoms with van der Waals surface area (Å²) in [5, 5.41) is 18.5. The maximum atomic E-state index is 13.2. The van der Waals surface area contributed by atoms with Crippen LogP contribution in [-0.4, -0.2) is 60.2 Å². The molecule has 10 heteroatoms. The van der Waals surface area contributed by atoms with E-state index in [4.69, 9.17) is 14.2 Å². The van der Waals surface area contributed by atoms with Crippen LogP contribution in [0.4, 0.5) is 10.5 Å². The number of allylic oxidation sites excluding steroid dienone is 1. The number of anilines is 1. The van der Waals surface area contributed by atoms with Gasteiger partial charge in [0.2, 0.25) is 0 Å². The molecule has 4 aromatic carbocycles. The summed E-state index contributed by atoms with van der Waals surface area (Å²) in [5.41, 5.74) is 8.55. The molecule has 270 valence electrons. The standard InChI is InChI=1S/C42H43NO8S/c1-27(2)32-14-13-30-7-6-8-37(52-38(30)25-32)31-11-9-28(10-12-31)29-15-17-33(18-16-29)43(41(48)51-42(3,4)5)21-22-49-23-24-50-34-19-20-35(39(44)45)36(26-34)40(46)47/h6,9-20,25-27H,7,21-24H2,1-5H3,(H,44,45)(H,46,47). The van der Waals surface area contributed by atoms with Crippen molar-refractivity contribution in [1.82, 2.24) is 0 Å². The second-order valence-electron chi connectivity index (χ2n) is 13.5. The Balaban J connectivity index is 1.21. The van der Waals surface area contributed by atoms with Gasteiger partial charge in [0.1, 0.15) is 18.0 Å². The fraction of sp³-hybridized carbons (Fsp3) is 0.286. The van der Waals surface area contributed by atoms with E-state index < -0.39 is 23.6 Å². The Morgan fingerprint density at radius 2 is 1.46 bits per heavy atom. The van der Waals surface area contributed by atoms with E-state index in [2.05, 4.69) is 68.1 Å². The number of fused-ring (bicyclic) bond motifs is 1. The molecule has 0 bridgehead atoms. The summed E-state index contributed by atoms with van der Waals surface area (Å²) < 4.78 is 17.0. The molecule has 1 aliphatic rings. The maximum absolute atomic E-state index is 13.2. The molecular formula is C42H43NO8S. The third-order valence-electron chi connectivity index (χ3n) is 8.21. The molecule has 4 aromatic rings. The zero-order valence-electron chi connectivity index (χ0n) is 30.0. The number of hydrogen-bond donors (Lipinski definition) is 2. The molecule has 0 saturated carbocycles. The van der Waals surface area contributed by atoms with Crippen LogP contribution in [0, 0.1) is 0 Å². The number of aromatic carboxylic acids is 2. The lowest BCUT2D eigenvalue weighted by molar-refractivity contribution is 0.0550. The average Bonchev–Trinajstić information content (AvgIpc) is 3.33. The second-order valence-corrected chi connectivity index (χ2v) is 14.6. The summed E-state index contributed by atoms with van der Waals surface area (Å²) in [6.45, 7) is 10.5. The van der Waals surface area contributed by atoms with Crippen LogP contribution < -0.4 is 9.64 Å². The van der Waals surface area contributed by atoms with Gasteiger partial charge in [-0.15, -0.1) is 5.73 Å². The summed E-state index contributed by atoms with van der Waals surface area (Å²) in [5.74, 6) is -2.02. The molecule has 5 rings (SSSR count). The Bertz CT molecular complexity index is 1990. The highest BCUT2D eigenvalue weighted by molar-refractivity contribution is 8.08. The van der Waals surface area contributed by atoms with Crippen LogP contribution in [0.2, 0.25) is 0 Å². The number of hydrogen-bond acceptors (Lipinski definition) is 7. The molecule has 0 saturated heterocycles. The number of rotatable bonds is 13. The van der Waals surface area contributed by atoms with Crippen LogP contribution in [0.3, 0.4) is 0 Å². The normalized spacial score (nSPS) is 12.5. The molecule has 1 amide bonds. The minimum atomic E-state index is -1.36. The number of carboxylic acids is 2. The van der Waals surface area contributed by atoms with Gasteiger partial charge in [-0.2, -0.15) is 0 Å². The van der Waals surface area contributed by atoms with Crippen molar-refractivity contribution >= 4 is 40.4 Å². The first kappa shape index (κ1) is 38.0. The Morgan fingerprint density at radius 1 is 0.808 bits per heavy atom. The second kappa shape index (κ2) is 16.8. The van der Waals surface area contributed by atoms with E-state index in [1.54, 1.807) is 11.8 Å². The zero-order valence-corrected chi connectivity index (χ0v) is 30.8. The quantitative estimate of drug-likeness (QED) is 0.103. The van der Waals surface area contributed by atoms with E-state index in [0.29, 0.717) is 11.6 Å². The van der Waals surface area contributed by atoms with Gasteiger partial charge in [0.05, 0.1) is 35.8 Å². The molecule has 0 atom stereocenters. The van der Waals surface area contributed by atoms with Crippen LogP contribution >= 0.6 is 11.8 Å². The van der Waals surface area contributed by atoms with Gasteiger partial charge < -0.3 is 24.4 Å². The molecule has 2 N–H and O–H groups in total. The van der Waals surface area contributed by atoms with E-state index in [0.717, 1.165) is 28.0 Å². The topological polar surface area (TPSA) is 123 Å². The molecule has 0 unspecified atom stereocenters. The van der Waals surface area contributed by atoms with Crippen LogP contribution in [0.5, 0.6) is 5.75 Å². The van der Waals surface area contributed by atoms with Crippen LogP contribution in [0.1, 0.15) is 77.9 Å². The van der Waals surface area contributed by atoms with Crippen molar-refractivity contribution in [3.05, 3.63) is 125 Å². The van der Waals surface area contributed by atoms with Gasteiger partial charge >= 0.3 is 18.0 Å². The zero-order chi connectivity index (χ0) is 37.4. The highest BCUT2D eigenvalue weighted by atomic mass is 32.2. The highest BCUT2D eigenvalue weighted by Crippen LogP contribution is 2.39. The van der Waals surface area contributed by atoms with Gasteiger partial charge in [-0.1, -0.05) is 74.1 Å². The number of nitrogens with zero attached hydrogens (tertiary/aromatic N) is 1. The van der Waals surface area contributed by atoms with Crippen molar-refractivity contribution in [3.63, 3.8) is 0 Å². The molecule has 0 aromatic heterocycles. The number of carbonyl (C=O) groups excluding carboxylic acids is 1. The lowest BCUT2D eigenvalue weighted by Gasteiger charge is -2.27. The van der Waals surface area contributed by atoms with Gasteiger partial charge in [-0.3, -0.25) is 4.90 Å². The molecule has 1 heterocycles. The first-order valence-corrected chi connectivity index (χ1v) is 17.9. The Morgan fingerprint density at radius 3 is 2.10 bits per heavy atom. The SMILES string of the molecule is CC(C)c1ccc2c(c1)SC(c1ccc(-c3ccc(N(CCOCCOc4ccc(C(=O)O)c(C(=O)O)c4)C(=O)OC(C)(C)C)cc3)cc1)=C=CC2. The summed E-state index contributed by atoms with van der Waals surface area (Å²) in [6.07, 6.45) is 2.46. The Labute approximate surface area is 308 Å². The average molecular weight is 722 g/mol. The van der Waals surface area contributed by atoms with Gasteiger partial charge in [-0.25, -0.2) is 14.4 Å². The van der Waals surface area contributed by atoms with E-state index in [9.17, 15) is 24.6 Å². The lowest BCUT2D eigenvalue weighted by Crippen LogP contribution is -2.39. The van der Waals surface area contributed by atoms with Crippen molar-refractivity contribution in [2.75, 3.05) is 31.3 Å². The number of carbonyl (C=O) groups is 3. The first-order valence-electron chi connectivity index (χ1n) is 17.1. The molecular weight excluding hydrogens is 679 g/mol. The minimum absolute atomic E-state index is 0.0873. The lowest BCUT2D eigenvalue weighted by atomic mass is 10.0. The molecule has 52 heavy (non-hydrogen) atoms. The van der Waals surface area contributed by atoms with Crippen molar-refractivity contribution in [2.24, 2.45) is 0 Å². The summed E-state index contributed by atoms with van der Waals surface area (Å²) in [6, 6.07) is 26.6. The third kappa shape index (κ3) is 9.94. The summed E-state index contributed by atoms with van der Waals surface area (Å²) >= 11 is 1.76. The molecule has 9 nitrogen and oxygen atoms in total. The molecule has 1 aliphatic heterocycles. The fourth-order valence-corrected chi connectivity index (χ4v) is 6.57. The van der Waals surface area contributed by atoms with Crippen molar-refractivity contribution in [2.45, 2.75) is 57.5 Å². The Hall–Kier alpha value is -5.28. The van der Waals surface area contributed by atoms with Gasteiger partial charge in [0.25, 0.3) is 0 Å². The van der Waals surface area contributed by atoms with Gasteiger partial charge in [0, 0.05) is 10.6 Å². The number of benzene rings is 4. The van der Waals surface area contributed by atoms with Crippen molar-refractivity contribution in [3.8, 4) is 16.9 Å². The van der Waals surface area contributed by atoms with Crippen LogP contribution in [-0.2, 0) is 15.9 Å². The summed E-state index contributed by atoms with van der Waals surface area (Å²) in [4.78, 5) is 39.9. The number of amides is 1. The van der Waals surface area contributed by atoms with Crippen molar-refractivity contribution < 1.29 is 38.8 Å². The molecule has 0 radical (unpaired) electrons. The van der Waals surface area contributed by atoms with E-state index in [-0.39, 0.29) is 43.2 Å². The fourth-order valence-electron chi connectivity index (χ4n) is 5.47. The Kier molecular flexibility index (Phi) is 12.3. The first-order chi connectivity index (χ1) is 24.8. The predicted molar refractivity (Wildman–Crippen MR) is 204 cm³/mol. The third-order valence-corrected chi connectivity index (χ3v) is 9.36. The van der Waals surface area contributed by atoms with Crippen molar-refractivity contribution in [1.29, 1.82) is 0 Å². The minimum Gasteiger partial charge on any atom is -0.491 e. The predicted octanol–water partition coefficient (Wildman–Crippen LogP) is 9.55. The molecule has 0 fully saturated rings. The van der Waals surface area contributed by atoms with E-state index >= 15 is 0 Å². The molecule has 0 spiro atoms. The summed E-state index contributed by atoms with van der Waals surface area (Å²) in [7, 11) is 0. The van der Waals surface area contributed by atoms with Gasteiger partial charge in [0.15, 0.2) is 0 Å². The van der Waals surface area contributed by atoms with Gasteiger partial charge in [-0.05, 0) is 103 Å². The monoisotopic (exact) mass is 721 g/mol. The highest BCUT2D eigenvalue weighted by Gasteiger charge is 2.24. The van der Waals surface area contributed by atoms with E-state index in [1.165, 1.54) is 39.1 Å². The number of carboxylic acid groups (broad SMARTS) is 2. The number of ether oxygens (including phenoxy) is 3. The largest absolute Gasteiger partial charge is 0.491 e. The van der Waals surface area contributed by atoms with Crippen LogP contribution in [0.15, 0.2) is 102 Å². The molecule has 0 aliphatic carbocycles. The van der Waals surface area contributed by atoms with Crippen LogP contribution in [0.25, 0.3) is 16.0 Å². The number of thioether (sulfide) groups is 1. The van der Waals surface area contributed by atoms with E-state index in [1.807, 2.05) is 45.0 Å². The smallest absolute Gasteiger partial charge is 0.414 e.